The molecular formula is C24H37N5O3. The molecule has 2 heterocycles. The van der Waals surface area contributed by atoms with Gasteiger partial charge in [-0.15, -0.1) is 0 Å². The topological polar surface area (TPSA) is 86.3 Å². The fourth-order valence-corrected chi connectivity index (χ4v) is 4.52. The number of guanidine groups is 1. The van der Waals surface area contributed by atoms with Crippen molar-refractivity contribution in [3.8, 4) is 0 Å². The number of ether oxygens (including phenoxy) is 1. The Morgan fingerprint density at radius 1 is 1.06 bits per heavy atom. The highest BCUT2D eigenvalue weighted by Gasteiger charge is 2.26. The van der Waals surface area contributed by atoms with Gasteiger partial charge in [-0.2, -0.15) is 0 Å². The number of carbonyl (C=O) groups is 2. The van der Waals surface area contributed by atoms with Crippen molar-refractivity contribution in [2.45, 2.75) is 51.9 Å². The minimum atomic E-state index is 0.0574. The highest BCUT2D eigenvalue weighted by Crippen LogP contribution is 2.20. The number of piperidine rings is 1. The van der Waals surface area contributed by atoms with E-state index in [1.807, 2.05) is 43.0 Å². The minimum absolute atomic E-state index is 0.0574. The van der Waals surface area contributed by atoms with E-state index in [2.05, 4.69) is 20.5 Å². The standard InChI is InChI=1S/C24H37N5O3/c1-17-15-29(16-18(2)32-17)23(31)21-7-5-20(6-8-21)14-27-24(26-4)28-11-9-19(10-12-28)13-22(30)25-3/h5-8,17-19H,9-16H2,1-4H3,(H,25,30)(H,26,27). The van der Waals surface area contributed by atoms with Crippen LogP contribution in [0.25, 0.3) is 0 Å². The van der Waals surface area contributed by atoms with Crippen molar-refractivity contribution in [2.24, 2.45) is 10.9 Å². The van der Waals surface area contributed by atoms with E-state index in [4.69, 9.17) is 4.74 Å². The highest BCUT2D eigenvalue weighted by atomic mass is 16.5. The average molecular weight is 444 g/mol. The number of benzene rings is 1. The Labute approximate surface area is 191 Å². The molecule has 2 fully saturated rings. The smallest absolute Gasteiger partial charge is 0.254 e. The summed E-state index contributed by atoms with van der Waals surface area (Å²) in [6, 6.07) is 7.79. The molecule has 32 heavy (non-hydrogen) atoms. The van der Waals surface area contributed by atoms with Crippen molar-refractivity contribution >= 4 is 17.8 Å². The zero-order chi connectivity index (χ0) is 23.1. The molecule has 8 nitrogen and oxygen atoms in total. The second-order valence-corrected chi connectivity index (χ2v) is 8.87. The minimum Gasteiger partial charge on any atom is -0.372 e. The van der Waals surface area contributed by atoms with E-state index in [9.17, 15) is 9.59 Å². The number of morpholine rings is 1. The molecule has 2 aliphatic rings. The van der Waals surface area contributed by atoms with E-state index < -0.39 is 0 Å². The highest BCUT2D eigenvalue weighted by molar-refractivity contribution is 5.94. The lowest BCUT2D eigenvalue weighted by molar-refractivity contribution is -0.121. The molecule has 2 saturated heterocycles. The van der Waals surface area contributed by atoms with Gasteiger partial charge in [0.25, 0.3) is 5.91 Å². The molecule has 1 aromatic carbocycles. The van der Waals surface area contributed by atoms with Gasteiger partial charge in [0.1, 0.15) is 0 Å². The van der Waals surface area contributed by atoms with Gasteiger partial charge >= 0.3 is 0 Å². The van der Waals surface area contributed by atoms with E-state index in [0.717, 1.165) is 37.5 Å². The summed E-state index contributed by atoms with van der Waals surface area (Å²) in [5.74, 6) is 1.49. The number of hydrogen-bond donors (Lipinski definition) is 2. The fraction of sp³-hybridized carbons (Fsp3) is 0.625. The molecule has 2 unspecified atom stereocenters. The second kappa shape index (κ2) is 11.3. The van der Waals surface area contributed by atoms with Crippen LogP contribution < -0.4 is 10.6 Å². The summed E-state index contributed by atoms with van der Waals surface area (Å²) in [6.07, 6.45) is 2.70. The van der Waals surface area contributed by atoms with Crippen LogP contribution in [0, 0.1) is 5.92 Å². The summed E-state index contributed by atoms with van der Waals surface area (Å²) < 4.78 is 5.73. The molecular weight excluding hydrogens is 406 g/mol. The lowest BCUT2D eigenvalue weighted by atomic mass is 9.93. The average Bonchev–Trinajstić information content (AvgIpc) is 2.79. The summed E-state index contributed by atoms with van der Waals surface area (Å²) in [5.41, 5.74) is 1.80. The first kappa shape index (κ1) is 24.0. The summed E-state index contributed by atoms with van der Waals surface area (Å²) in [4.78, 5) is 33.0. The van der Waals surface area contributed by atoms with Gasteiger partial charge in [0, 0.05) is 58.8 Å². The lowest BCUT2D eigenvalue weighted by Crippen LogP contribution is -2.48. The third kappa shape index (κ3) is 6.45. The first-order valence-electron chi connectivity index (χ1n) is 11.6. The Morgan fingerprint density at radius 2 is 1.69 bits per heavy atom. The van der Waals surface area contributed by atoms with E-state index in [1.165, 1.54) is 0 Å². The molecule has 0 aliphatic carbocycles. The van der Waals surface area contributed by atoms with Gasteiger partial charge in [0.05, 0.1) is 12.2 Å². The van der Waals surface area contributed by atoms with Gasteiger partial charge in [-0.3, -0.25) is 14.6 Å². The maximum Gasteiger partial charge on any atom is 0.254 e. The van der Waals surface area contributed by atoms with Crippen LogP contribution in [0.2, 0.25) is 0 Å². The molecule has 2 N–H and O–H groups in total. The van der Waals surface area contributed by atoms with Crippen LogP contribution in [-0.4, -0.2) is 80.1 Å². The van der Waals surface area contributed by atoms with Crippen LogP contribution in [0.5, 0.6) is 0 Å². The Balaban J connectivity index is 1.49. The number of hydrogen-bond acceptors (Lipinski definition) is 4. The SMILES string of the molecule is CN=C(NCc1ccc(C(=O)N2CC(C)OC(C)C2)cc1)N1CCC(CC(=O)NC)CC1. The van der Waals surface area contributed by atoms with Crippen LogP contribution in [0.3, 0.4) is 0 Å². The number of aliphatic imine (C=N–C) groups is 1. The fourth-order valence-electron chi connectivity index (χ4n) is 4.52. The zero-order valence-electron chi connectivity index (χ0n) is 19.8. The molecule has 2 atom stereocenters. The Kier molecular flexibility index (Phi) is 8.50. The molecule has 3 rings (SSSR count). The van der Waals surface area contributed by atoms with Crippen molar-refractivity contribution in [2.75, 3.05) is 40.3 Å². The molecule has 0 spiro atoms. The van der Waals surface area contributed by atoms with E-state index >= 15 is 0 Å². The maximum absolute atomic E-state index is 12.8. The molecule has 8 heteroatoms. The molecule has 0 radical (unpaired) electrons. The maximum atomic E-state index is 12.8. The Hall–Kier alpha value is -2.61. The predicted octanol–water partition coefficient (Wildman–Crippen LogP) is 1.86. The van der Waals surface area contributed by atoms with Gasteiger partial charge in [-0.25, -0.2) is 0 Å². The van der Waals surface area contributed by atoms with Gasteiger partial charge in [-0.1, -0.05) is 12.1 Å². The van der Waals surface area contributed by atoms with Crippen molar-refractivity contribution in [1.82, 2.24) is 20.4 Å². The lowest BCUT2D eigenvalue weighted by Gasteiger charge is -2.35. The molecule has 2 amide bonds. The van der Waals surface area contributed by atoms with E-state index in [1.54, 1.807) is 14.1 Å². The third-order valence-corrected chi connectivity index (χ3v) is 6.24. The Bertz CT molecular complexity index is 792. The van der Waals surface area contributed by atoms with Crippen LogP contribution in [0.1, 0.15) is 49.0 Å². The molecule has 0 bridgehead atoms. The van der Waals surface area contributed by atoms with Crippen molar-refractivity contribution < 1.29 is 14.3 Å². The van der Waals surface area contributed by atoms with Crippen molar-refractivity contribution in [1.29, 1.82) is 0 Å². The van der Waals surface area contributed by atoms with Crippen LogP contribution >= 0.6 is 0 Å². The molecule has 2 aliphatic heterocycles. The first-order valence-corrected chi connectivity index (χ1v) is 11.6. The molecule has 0 aromatic heterocycles. The zero-order valence-corrected chi connectivity index (χ0v) is 19.8. The summed E-state index contributed by atoms with van der Waals surface area (Å²) in [7, 11) is 3.49. The number of carbonyl (C=O) groups excluding carboxylic acids is 2. The third-order valence-electron chi connectivity index (χ3n) is 6.24. The van der Waals surface area contributed by atoms with Gasteiger partial charge in [-0.05, 0) is 50.3 Å². The normalized spacial score (nSPS) is 22.6. The number of nitrogens with one attached hydrogen (secondary N) is 2. The number of rotatable bonds is 5. The molecule has 0 saturated carbocycles. The van der Waals surface area contributed by atoms with E-state index in [0.29, 0.717) is 37.5 Å². The van der Waals surface area contributed by atoms with Crippen molar-refractivity contribution in [3.05, 3.63) is 35.4 Å². The number of amides is 2. The number of nitrogens with zero attached hydrogens (tertiary/aromatic N) is 3. The van der Waals surface area contributed by atoms with Gasteiger partial charge < -0.3 is 25.2 Å². The predicted molar refractivity (Wildman–Crippen MR) is 126 cm³/mol. The van der Waals surface area contributed by atoms with Crippen LogP contribution in [-0.2, 0) is 16.1 Å². The summed E-state index contributed by atoms with van der Waals surface area (Å²) >= 11 is 0. The Morgan fingerprint density at radius 3 is 2.25 bits per heavy atom. The summed E-state index contributed by atoms with van der Waals surface area (Å²) in [5, 5.41) is 6.14. The summed E-state index contributed by atoms with van der Waals surface area (Å²) in [6.45, 7) is 7.69. The molecule has 1 aromatic rings. The quantitative estimate of drug-likeness (QED) is 0.536. The van der Waals surface area contributed by atoms with Crippen LogP contribution in [0.4, 0.5) is 0 Å². The van der Waals surface area contributed by atoms with Crippen molar-refractivity contribution in [3.63, 3.8) is 0 Å². The largest absolute Gasteiger partial charge is 0.372 e. The molecule has 176 valence electrons. The monoisotopic (exact) mass is 443 g/mol. The van der Waals surface area contributed by atoms with Gasteiger partial charge in [0.15, 0.2) is 5.96 Å². The van der Waals surface area contributed by atoms with Crippen LogP contribution in [0.15, 0.2) is 29.3 Å². The van der Waals surface area contributed by atoms with Gasteiger partial charge in [0.2, 0.25) is 5.91 Å². The first-order chi connectivity index (χ1) is 15.4. The second-order valence-electron chi connectivity index (χ2n) is 8.87. The van der Waals surface area contributed by atoms with E-state index in [-0.39, 0.29) is 24.0 Å². The number of likely N-dealkylation sites (tertiary alicyclic amines) is 1.